The Morgan fingerprint density at radius 3 is 2.72 bits per heavy atom. The molecule has 1 saturated carbocycles. The maximum atomic E-state index is 12.3. The summed E-state index contributed by atoms with van der Waals surface area (Å²) in [5.41, 5.74) is 0.245. The summed E-state index contributed by atoms with van der Waals surface area (Å²) in [7, 11) is -5.11. The molecular formula is C20H29ClN9O8P. The third-order valence-corrected chi connectivity index (χ3v) is 8.81. The number of tetrazole rings is 1. The number of hydrogen-bond donors (Lipinski definition) is 7. The number of fused-ring (bicyclic) bond motifs is 1. The quantitative estimate of drug-likeness (QED) is 0.107. The van der Waals surface area contributed by atoms with Gasteiger partial charge in [-0.3, -0.25) is 4.57 Å². The van der Waals surface area contributed by atoms with E-state index in [0.29, 0.717) is 29.6 Å². The van der Waals surface area contributed by atoms with Gasteiger partial charge in [0.1, 0.15) is 24.1 Å². The summed E-state index contributed by atoms with van der Waals surface area (Å²) in [4.78, 5) is 28.4. The summed E-state index contributed by atoms with van der Waals surface area (Å²) >= 11 is 6.17. The van der Waals surface area contributed by atoms with Gasteiger partial charge in [-0.25, -0.2) is 4.68 Å². The summed E-state index contributed by atoms with van der Waals surface area (Å²) in [6, 6.07) is 0. The number of anilines is 1. The van der Waals surface area contributed by atoms with Gasteiger partial charge in [-0.15, -0.1) is 10.2 Å². The molecule has 39 heavy (non-hydrogen) atoms. The van der Waals surface area contributed by atoms with Gasteiger partial charge >= 0.3 is 7.60 Å². The zero-order chi connectivity index (χ0) is 27.9. The summed E-state index contributed by atoms with van der Waals surface area (Å²) in [6.07, 6.45) is -2.43. The highest BCUT2D eigenvalue weighted by Crippen LogP contribution is 2.53. The van der Waals surface area contributed by atoms with Crippen molar-refractivity contribution in [2.45, 2.75) is 56.1 Å². The van der Waals surface area contributed by atoms with Crippen LogP contribution in [0.15, 0.2) is 6.20 Å². The molecule has 0 spiro atoms. The molecule has 2 fully saturated rings. The van der Waals surface area contributed by atoms with E-state index in [0.717, 1.165) is 12.8 Å². The molecule has 0 unspecified atom stereocenters. The Bertz CT molecular complexity index is 1340. The predicted octanol–water partition coefficient (Wildman–Crippen LogP) is -0.804. The van der Waals surface area contributed by atoms with Gasteiger partial charge in [-0.1, -0.05) is 12.1 Å². The second-order valence-electron chi connectivity index (χ2n) is 10.0. The minimum atomic E-state index is -5.11. The molecule has 1 aliphatic heterocycles. The van der Waals surface area contributed by atoms with Gasteiger partial charge < -0.3 is 39.9 Å². The summed E-state index contributed by atoms with van der Waals surface area (Å²) in [5.74, 6) is 1.57. The topological polar surface area (TPSA) is 247 Å². The molecular weight excluding hydrogens is 561 g/mol. The summed E-state index contributed by atoms with van der Waals surface area (Å²) < 4.78 is 24.8. The normalized spacial score (nSPS) is 28.9. The molecule has 2 aliphatic rings. The lowest BCUT2D eigenvalue weighted by atomic mass is 9.76. The first-order valence-electron chi connectivity index (χ1n) is 12.2. The molecule has 5 atom stereocenters. The fourth-order valence-electron chi connectivity index (χ4n) is 4.94. The van der Waals surface area contributed by atoms with Crippen molar-refractivity contribution in [3.63, 3.8) is 0 Å². The van der Waals surface area contributed by atoms with E-state index < -0.39 is 57.1 Å². The van der Waals surface area contributed by atoms with Crippen LogP contribution in [0.5, 0.6) is 0 Å². The van der Waals surface area contributed by atoms with E-state index in [1.807, 2.05) is 0 Å². The molecule has 4 heterocycles. The van der Waals surface area contributed by atoms with Crippen LogP contribution in [0.4, 0.5) is 5.82 Å². The third kappa shape index (κ3) is 5.51. The molecule has 19 heteroatoms. The van der Waals surface area contributed by atoms with Gasteiger partial charge in [0.05, 0.1) is 31.2 Å². The molecule has 1 aliphatic carbocycles. The average Bonchev–Trinajstić information content (AvgIpc) is 3.59. The Balaban J connectivity index is 1.33. The summed E-state index contributed by atoms with van der Waals surface area (Å²) in [6.45, 7) is 1.19. The van der Waals surface area contributed by atoms with Gasteiger partial charge in [0, 0.05) is 6.54 Å². The average molecular weight is 590 g/mol. The van der Waals surface area contributed by atoms with Gasteiger partial charge in [0.25, 0.3) is 0 Å². The first-order valence-corrected chi connectivity index (χ1v) is 14.2. The number of aliphatic hydroxyl groups excluding tert-OH is 3. The predicted molar refractivity (Wildman–Crippen MR) is 132 cm³/mol. The Labute approximate surface area is 226 Å². The zero-order valence-electron chi connectivity index (χ0n) is 20.7. The number of aromatic nitrogens is 8. The smallest absolute Gasteiger partial charge is 0.359 e. The molecule has 3 aromatic heterocycles. The Morgan fingerprint density at radius 1 is 1.31 bits per heavy atom. The maximum absolute atomic E-state index is 12.3. The molecule has 214 valence electrons. The fraction of sp³-hybridized carbons (Fsp3) is 0.700. The molecule has 1 saturated heterocycles. The van der Waals surface area contributed by atoms with E-state index in [4.69, 9.17) is 21.1 Å². The number of nitrogens with one attached hydrogen (secondary N) is 2. The van der Waals surface area contributed by atoms with Crippen LogP contribution in [-0.4, -0.2) is 109 Å². The second-order valence-corrected chi connectivity index (χ2v) is 12.2. The zero-order valence-corrected chi connectivity index (χ0v) is 22.4. The summed E-state index contributed by atoms with van der Waals surface area (Å²) in [5, 5.41) is 49.7. The number of ether oxygens (including phenoxy) is 2. The lowest BCUT2D eigenvalue weighted by Gasteiger charge is -2.32. The van der Waals surface area contributed by atoms with Crippen LogP contribution in [0, 0.1) is 11.8 Å². The lowest BCUT2D eigenvalue weighted by Crippen LogP contribution is -2.43. The molecule has 0 bridgehead atoms. The molecule has 0 radical (unpaired) electrons. The monoisotopic (exact) mass is 589 g/mol. The number of nitrogens with zero attached hydrogens (tertiary/aromatic N) is 7. The van der Waals surface area contributed by atoms with Gasteiger partial charge in [0.2, 0.25) is 5.28 Å². The van der Waals surface area contributed by atoms with E-state index >= 15 is 0 Å². The first kappa shape index (κ1) is 28.2. The lowest BCUT2D eigenvalue weighted by molar-refractivity contribution is -0.109. The SMILES string of the molecule is CC1CC(CNc2nc(Cl)nc3c2cnn3[C@@H]2O[C@H](CO[C@@](CO)(Cc3nn[nH]n3)P(=O)(O)O)[C@@H](O)[C@H]2O)C1. The van der Waals surface area contributed by atoms with Crippen LogP contribution in [0.1, 0.15) is 31.8 Å². The van der Waals surface area contributed by atoms with Gasteiger partial charge in [0.15, 0.2) is 23.0 Å². The highest BCUT2D eigenvalue weighted by atomic mass is 35.5. The van der Waals surface area contributed by atoms with Crippen LogP contribution in [0.2, 0.25) is 5.28 Å². The van der Waals surface area contributed by atoms with Crippen LogP contribution >= 0.6 is 19.2 Å². The molecule has 0 aromatic carbocycles. The maximum Gasteiger partial charge on any atom is 0.359 e. The highest BCUT2D eigenvalue weighted by Gasteiger charge is 2.52. The largest absolute Gasteiger partial charge is 0.393 e. The van der Waals surface area contributed by atoms with E-state index in [-0.39, 0.29) is 16.8 Å². The van der Waals surface area contributed by atoms with Crippen molar-refractivity contribution < 1.29 is 39.1 Å². The van der Waals surface area contributed by atoms with Crippen LogP contribution in [0.3, 0.4) is 0 Å². The Morgan fingerprint density at radius 2 is 2.08 bits per heavy atom. The Kier molecular flexibility index (Phi) is 7.89. The number of rotatable bonds is 11. The fourth-order valence-corrected chi connectivity index (χ4v) is 5.88. The van der Waals surface area contributed by atoms with Crippen molar-refractivity contribution in [2.24, 2.45) is 11.8 Å². The third-order valence-electron chi connectivity index (χ3n) is 7.15. The van der Waals surface area contributed by atoms with Crippen molar-refractivity contribution in [2.75, 3.05) is 25.1 Å². The standard InChI is InChI=1S/C20H29ClN9O8P/c1-9-2-10(3-9)5-22-16-11-6-23-30(17(11)25-19(21)24-16)18-15(33)14(32)12(38-18)7-37-20(8-31,39(34,35)36)4-13-26-28-29-27-13/h6,9-10,12,14-15,18,31-33H,2-5,7-8H2,1H3,(H,22,24,25)(H2,34,35,36)(H,26,27,28,29)/t9?,10?,12-,14-,15-,18-,20+/m1/s1. The number of aromatic amines is 1. The molecule has 17 nitrogen and oxygen atoms in total. The van der Waals surface area contributed by atoms with Crippen molar-refractivity contribution in [3.05, 3.63) is 17.3 Å². The highest BCUT2D eigenvalue weighted by molar-refractivity contribution is 7.53. The molecule has 0 amide bonds. The first-order chi connectivity index (χ1) is 18.5. The minimum Gasteiger partial charge on any atom is -0.393 e. The van der Waals surface area contributed by atoms with E-state index in [1.165, 1.54) is 10.9 Å². The van der Waals surface area contributed by atoms with Gasteiger partial charge in [-0.05, 0) is 36.3 Å². The minimum absolute atomic E-state index is 0.0579. The van der Waals surface area contributed by atoms with Crippen LogP contribution < -0.4 is 5.32 Å². The van der Waals surface area contributed by atoms with E-state index in [9.17, 15) is 29.7 Å². The number of halogens is 1. The Hall–Kier alpha value is -2.34. The van der Waals surface area contributed by atoms with E-state index in [1.54, 1.807) is 0 Å². The second kappa shape index (κ2) is 10.9. The van der Waals surface area contributed by atoms with Gasteiger partial charge in [-0.2, -0.15) is 20.3 Å². The number of hydrogen-bond acceptors (Lipinski definition) is 13. The molecule has 3 aromatic rings. The van der Waals surface area contributed by atoms with Crippen LogP contribution in [-0.2, 0) is 20.5 Å². The van der Waals surface area contributed by atoms with E-state index in [2.05, 4.69) is 47.9 Å². The number of H-pyrrole nitrogens is 1. The van der Waals surface area contributed by atoms with Crippen molar-refractivity contribution in [3.8, 4) is 0 Å². The van der Waals surface area contributed by atoms with Crippen molar-refractivity contribution in [1.29, 1.82) is 0 Å². The van der Waals surface area contributed by atoms with Crippen molar-refractivity contribution >= 4 is 36.0 Å². The van der Waals surface area contributed by atoms with Crippen molar-refractivity contribution in [1.82, 2.24) is 40.4 Å². The molecule has 7 N–H and O–H groups in total. The van der Waals surface area contributed by atoms with Crippen LogP contribution in [0.25, 0.3) is 11.0 Å². The molecule has 5 rings (SSSR count). The number of aliphatic hydroxyl groups is 3.